The van der Waals surface area contributed by atoms with Crippen LogP contribution >= 0.6 is 11.6 Å². The zero-order valence-electron chi connectivity index (χ0n) is 10.7. The molecule has 6 heteroatoms. The van der Waals surface area contributed by atoms with Crippen molar-refractivity contribution in [3.05, 3.63) is 45.7 Å². The van der Waals surface area contributed by atoms with Crippen LogP contribution in [0, 0.1) is 0 Å². The number of halogens is 1. The van der Waals surface area contributed by atoms with Gasteiger partial charge in [-0.15, -0.1) is 0 Å². The molecule has 2 heterocycles. The molecule has 20 heavy (non-hydrogen) atoms. The number of hydrogen-bond acceptors (Lipinski definition) is 5. The second-order valence-electron chi connectivity index (χ2n) is 4.45. The minimum atomic E-state index is -0.317. The Morgan fingerprint density at radius 3 is 2.55 bits per heavy atom. The van der Waals surface area contributed by atoms with Crippen molar-refractivity contribution in [2.24, 2.45) is 0 Å². The number of hydrogen-bond donors (Lipinski definition) is 0. The first-order chi connectivity index (χ1) is 9.72. The molecule has 1 aliphatic rings. The van der Waals surface area contributed by atoms with E-state index in [0.717, 1.165) is 5.56 Å². The lowest BCUT2D eigenvalue weighted by atomic mass is 10.2. The van der Waals surface area contributed by atoms with Crippen molar-refractivity contribution in [3.8, 4) is 11.3 Å². The van der Waals surface area contributed by atoms with E-state index < -0.39 is 0 Å². The van der Waals surface area contributed by atoms with Crippen LogP contribution in [-0.2, 0) is 4.74 Å². The van der Waals surface area contributed by atoms with E-state index in [-0.39, 0.29) is 5.56 Å². The number of rotatable bonds is 2. The normalized spacial score (nSPS) is 15.3. The summed E-state index contributed by atoms with van der Waals surface area (Å²) in [4.78, 5) is 17.6. The number of anilines is 1. The van der Waals surface area contributed by atoms with Gasteiger partial charge in [0.25, 0.3) is 5.56 Å². The molecule has 104 valence electrons. The van der Waals surface area contributed by atoms with Crippen LogP contribution in [0.15, 0.2) is 39.5 Å². The predicted octanol–water partition coefficient (Wildman–Crippen LogP) is 2.19. The monoisotopic (exact) mass is 292 g/mol. The highest BCUT2D eigenvalue weighted by Crippen LogP contribution is 2.23. The fourth-order valence-corrected chi connectivity index (χ4v) is 2.16. The van der Waals surface area contributed by atoms with E-state index in [2.05, 4.69) is 4.98 Å². The Kier molecular flexibility index (Phi) is 3.71. The van der Waals surface area contributed by atoms with Crippen LogP contribution in [0.4, 0.5) is 6.01 Å². The van der Waals surface area contributed by atoms with Gasteiger partial charge in [0.15, 0.2) is 0 Å². The Morgan fingerprint density at radius 1 is 1.15 bits per heavy atom. The fraction of sp³-hybridized carbons (Fsp3) is 0.286. The summed E-state index contributed by atoms with van der Waals surface area (Å²) < 4.78 is 11.0. The molecule has 0 amide bonds. The lowest BCUT2D eigenvalue weighted by Gasteiger charge is -2.26. The minimum absolute atomic E-state index is 0.317. The molecule has 1 aromatic carbocycles. The highest BCUT2D eigenvalue weighted by Gasteiger charge is 2.16. The SMILES string of the molecule is O=c1cc(-c2ccc(Cl)cc2)oc(N2CCOCC2)n1. The third kappa shape index (κ3) is 2.84. The van der Waals surface area contributed by atoms with Crippen molar-refractivity contribution in [1.82, 2.24) is 4.98 Å². The van der Waals surface area contributed by atoms with Crippen molar-refractivity contribution in [2.75, 3.05) is 31.2 Å². The molecule has 1 saturated heterocycles. The molecule has 0 unspecified atom stereocenters. The molecule has 3 rings (SSSR count). The van der Waals surface area contributed by atoms with E-state index in [4.69, 9.17) is 20.8 Å². The first-order valence-corrected chi connectivity index (χ1v) is 6.71. The average molecular weight is 293 g/mol. The first-order valence-electron chi connectivity index (χ1n) is 6.33. The lowest BCUT2D eigenvalue weighted by molar-refractivity contribution is 0.120. The minimum Gasteiger partial charge on any atom is -0.425 e. The number of nitrogens with zero attached hydrogens (tertiary/aromatic N) is 2. The van der Waals surface area contributed by atoms with Gasteiger partial charge in [-0.25, -0.2) is 0 Å². The highest BCUT2D eigenvalue weighted by atomic mass is 35.5. The van der Waals surface area contributed by atoms with E-state index in [1.54, 1.807) is 12.1 Å². The Morgan fingerprint density at radius 2 is 1.85 bits per heavy atom. The molecule has 5 nitrogen and oxygen atoms in total. The molecule has 1 fully saturated rings. The fourth-order valence-electron chi connectivity index (χ4n) is 2.04. The maximum Gasteiger partial charge on any atom is 0.301 e. The van der Waals surface area contributed by atoms with Gasteiger partial charge in [-0.1, -0.05) is 11.6 Å². The summed E-state index contributed by atoms with van der Waals surface area (Å²) in [7, 11) is 0. The second-order valence-corrected chi connectivity index (χ2v) is 4.89. The van der Waals surface area contributed by atoms with Crippen LogP contribution in [0.2, 0.25) is 5.02 Å². The number of aromatic nitrogens is 1. The zero-order chi connectivity index (χ0) is 13.9. The van der Waals surface area contributed by atoms with E-state index in [9.17, 15) is 4.79 Å². The van der Waals surface area contributed by atoms with Crippen molar-refractivity contribution >= 4 is 17.6 Å². The van der Waals surface area contributed by atoms with Crippen LogP contribution < -0.4 is 10.5 Å². The maximum absolute atomic E-state index is 11.7. The van der Waals surface area contributed by atoms with Crippen molar-refractivity contribution in [1.29, 1.82) is 0 Å². The molecule has 1 aliphatic heterocycles. The maximum atomic E-state index is 11.7. The van der Waals surface area contributed by atoms with Crippen molar-refractivity contribution in [2.45, 2.75) is 0 Å². The van der Waals surface area contributed by atoms with Gasteiger partial charge < -0.3 is 14.1 Å². The van der Waals surface area contributed by atoms with Crippen LogP contribution in [0.1, 0.15) is 0 Å². The number of ether oxygens (including phenoxy) is 1. The summed E-state index contributed by atoms with van der Waals surface area (Å²) in [6.45, 7) is 2.55. The lowest BCUT2D eigenvalue weighted by Crippen LogP contribution is -2.37. The summed E-state index contributed by atoms with van der Waals surface area (Å²) in [5.74, 6) is 0.489. The molecule has 0 atom stereocenters. The Bertz CT molecular complexity index is 648. The van der Waals surface area contributed by atoms with E-state index >= 15 is 0 Å². The molecule has 0 spiro atoms. The Labute approximate surface area is 120 Å². The number of morpholine rings is 1. The topological polar surface area (TPSA) is 55.6 Å². The molecule has 0 radical (unpaired) electrons. The van der Waals surface area contributed by atoms with Gasteiger partial charge in [-0.05, 0) is 24.3 Å². The smallest absolute Gasteiger partial charge is 0.301 e. The zero-order valence-corrected chi connectivity index (χ0v) is 11.5. The van der Waals surface area contributed by atoms with Gasteiger partial charge in [0.1, 0.15) is 5.76 Å². The van der Waals surface area contributed by atoms with Gasteiger partial charge in [-0.3, -0.25) is 4.79 Å². The molecular weight excluding hydrogens is 280 g/mol. The molecule has 0 aliphatic carbocycles. The van der Waals surface area contributed by atoms with Crippen molar-refractivity contribution < 1.29 is 9.15 Å². The molecule has 0 N–H and O–H groups in total. The molecule has 0 bridgehead atoms. The average Bonchev–Trinajstić information content (AvgIpc) is 2.48. The third-order valence-corrected chi connectivity index (χ3v) is 3.32. The summed E-state index contributed by atoms with van der Waals surface area (Å²) in [6.07, 6.45) is 0. The third-order valence-electron chi connectivity index (χ3n) is 3.07. The number of benzene rings is 1. The second kappa shape index (κ2) is 5.64. The summed E-state index contributed by atoms with van der Waals surface area (Å²) in [6, 6.07) is 8.85. The van der Waals surface area contributed by atoms with Gasteiger partial charge in [0.05, 0.1) is 13.2 Å². The summed E-state index contributed by atoms with van der Waals surface area (Å²) >= 11 is 5.86. The van der Waals surface area contributed by atoms with Gasteiger partial charge >= 0.3 is 6.01 Å². The van der Waals surface area contributed by atoms with Crippen LogP contribution in [0.25, 0.3) is 11.3 Å². The first kappa shape index (κ1) is 13.1. The molecule has 0 saturated carbocycles. The van der Waals surface area contributed by atoms with E-state index in [1.165, 1.54) is 6.07 Å². The van der Waals surface area contributed by atoms with Gasteiger partial charge in [0.2, 0.25) is 0 Å². The highest BCUT2D eigenvalue weighted by molar-refractivity contribution is 6.30. The van der Waals surface area contributed by atoms with Crippen molar-refractivity contribution in [3.63, 3.8) is 0 Å². The standard InChI is InChI=1S/C14H13ClN2O3/c15-11-3-1-10(2-4-11)12-9-13(18)16-14(20-12)17-5-7-19-8-6-17/h1-4,9H,5-8H2. The van der Waals surface area contributed by atoms with Gasteiger partial charge in [0, 0.05) is 29.7 Å². The molecule has 2 aromatic rings. The largest absolute Gasteiger partial charge is 0.425 e. The van der Waals surface area contributed by atoms with Gasteiger partial charge in [-0.2, -0.15) is 4.98 Å². The summed E-state index contributed by atoms with van der Waals surface area (Å²) in [5, 5.41) is 0.638. The van der Waals surface area contributed by atoms with E-state index in [1.807, 2.05) is 17.0 Å². The predicted molar refractivity (Wildman–Crippen MR) is 76.3 cm³/mol. The Balaban J connectivity index is 1.97. The van der Waals surface area contributed by atoms with Crippen LogP contribution in [-0.4, -0.2) is 31.3 Å². The quantitative estimate of drug-likeness (QED) is 0.849. The summed E-state index contributed by atoms with van der Waals surface area (Å²) in [5.41, 5.74) is 0.478. The Hall–Kier alpha value is -1.85. The van der Waals surface area contributed by atoms with Crippen LogP contribution in [0.3, 0.4) is 0 Å². The molecular formula is C14H13ClN2O3. The molecule has 1 aromatic heterocycles. The van der Waals surface area contributed by atoms with Crippen LogP contribution in [0.5, 0.6) is 0 Å². The van der Waals surface area contributed by atoms with E-state index in [0.29, 0.717) is 43.1 Å².